The van der Waals surface area contributed by atoms with Gasteiger partial charge in [-0.3, -0.25) is 4.79 Å². The molecule has 1 aromatic rings. The predicted octanol–water partition coefficient (Wildman–Crippen LogP) is 2.49. The lowest BCUT2D eigenvalue weighted by molar-refractivity contribution is 0.108. The minimum atomic E-state index is -0.605. The first-order valence-corrected chi connectivity index (χ1v) is 4.73. The van der Waals surface area contributed by atoms with Gasteiger partial charge >= 0.3 is 0 Å². The molecule has 0 aromatic heterocycles. The number of rotatable bonds is 1. The quantitative estimate of drug-likeness (QED) is 0.699. The Morgan fingerprint density at radius 2 is 1.79 bits per heavy atom. The third-order valence-electron chi connectivity index (χ3n) is 1.84. The van der Waals surface area contributed by atoms with Crippen LogP contribution in [0.2, 0.25) is 5.02 Å². The molecule has 0 aliphatic carbocycles. The van der Waals surface area contributed by atoms with E-state index in [2.05, 4.69) is 0 Å². The molecule has 0 saturated carbocycles. The van der Waals surface area contributed by atoms with E-state index in [0.29, 0.717) is 24.7 Å². The third kappa shape index (κ3) is 1.65. The van der Waals surface area contributed by atoms with Crippen LogP contribution in [-0.2, 0) is 0 Å². The fourth-order valence-corrected chi connectivity index (χ4v) is 1.66. The summed E-state index contributed by atoms with van der Waals surface area (Å²) in [6.45, 7) is 0.946. The summed E-state index contributed by atoms with van der Waals surface area (Å²) in [6.07, 6.45) is 0. The monoisotopic (exact) mass is 232 g/mol. The highest BCUT2D eigenvalue weighted by atomic mass is 35.5. The van der Waals surface area contributed by atoms with E-state index in [-0.39, 0.29) is 10.6 Å². The van der Waals surface area contributed by atoms with E-state index in [0.717, 1.165) is 0 Å². The Morgan fingerprint density at radius 1 is 1.21 bits per heavy atom. The topological polar surface area (TPSA) is 35.5 Å². The van der Waals surface area contributed by atoms with Crippen LogP contribution in [0.15, 0.2) is 12.1 Å². The molecule has 0 unspecified atom stereocenters. The third-order valence-corrected chi connectivity index (χ3v) is 2.36. The number of fused-ring (bicyclic) bond motifs is 1. The standard InChI is InChI=1S/C9H6Cl2O3/c10-6-4-8-7(13-1-2-14-8)3-5(6)9(11)12/h3-4H,1-2H2. The zero-order chi connectivity index (χ0) is 10.1. The molecule has 0 atom stereocenters. The van der Waals surface area contributed by atoms with Crippen molar-refractivity contribution >= 4 is 28.4 Å². The number of carbonyl (C=O) groups is 1. The van der Waals surface area contributed by atoms with E-state index in [4.69, 9.17) is 32.7 Å². The van der Waals surface area contributed by atoms with Gasteiger partial charge in [-0.05, 0) is 17.7 Å². The van der Waals surface area contributed by atoms with Crippen molar-refractivity contribution in [1.82, 2.24) is 0 Å². The first-order valence-electron chi connectivity index (χ1n) is 3.97. The van der Waals surface area contributed by atoms with Crippen molar-refractivity contribution in [3.8, 4) is 11.5 Å². The van der Waals surface area contributed by atoms with Crippen molar-refractivity contribution in [3.63, 3.8) is 0 Å². The fourth-order valence-electron chi connectivity index (χ4n) is 1.21. The molecule has 1 aliphatic rings. The van der Waals surface area contributed by atoms with Gasteiger partial charge in [-0.15, -0.1) is 0 Å². The van der Waals surface area contributed by atoms with Crippen LogP contribution in [0.4, 0.5) is 0 Å². The summed E-state index contributed by atoms with van der Waals surface area (Å²) >= 11 is 11.1. The summed E-state index contributed by atoms with van der Waals surface area (Å²) in [7, 11) is 0. The second-order valence-electron chi connectivity index (χ2n) is 2.75. The molecule has 1 aliphatic heterocycles. The minimum Gasteiger partial charge on any atom is -0.486 e. The average molecular weight is 233 g/mol. The van der Waals surface area contributed by atoms with Crippen LogP contribution >= 0.6 is 23.2 Å². The zero-order valence-corrected chi connectivity index (χ0v) is 8.56. The van der Waals surface area contributed by atoms with Crippen molar-refractivity contribution in [1.29, 1.82) is 0 Å². The molecule has 0 radical (unpaired) electrons. The van der Waals surface area contributed by atoms with E-state index in [1.807, 2.05) is 0 Å². The Balaban J connectivity index is 2.50. The summed E-state index contributed by atoms with van der Waals surface area (Å²) in [4.78, 5) is 10.9. The van der Waals surface area contributed by atoms with E-state index in [1.54, 1.807) is 0 Å². The van der Waals surface area contributed by atoms with Crippen molar-refractivity contribution < 1.29 is 14.3 Å². The molecule has 1 heterocycles. The first kappa shape index (κ1) is 9.62. The summed E-state index contributed by atoms with van der Waals surface area (Å²) in [6, 6.07) is 3.03. The molecule has 74 valence electrons. The van der Waals surface area contributed by atoms with Gasteiger partial charge in [0.1, 0.15) is 13.2 Å². The Bertz CT molecular complexity index is 390. The maximum atomic E-state index is 10.9. The molecule has 1 aromatic carbocycles. The molecule has 5 heteroatoms. The molecular formula is C9H6Cl2O3. The lowest BCUT2D eigenvalue weighted by Gasteiger charge is -2.18. The molecule has 0 saturated heterocycles. The molecule has 0 N–H and O–H groups in total. The summed E-state index contributed by atoms with van der Waals surface area (Å²) < 4.78 is 10.5. The Morgan fingerprint density at radius 3 is 2.36 bits per heavy atom. The van der Waals surface area contributed by atoms with Gasteiger partial charge in [0.05, 0.1) is 10.6 Å². The van der Waals surface area contributed by atoms with Crippen LogP contribution in [0.5, 0.6) is 11.5 Å². The molecular weight excluding hydrogens is 227 g/mol. The molecule has 0 spiro atoms. The van der Waals surface area contributed by atoms with E-state index in [1.165, 1.54) is 12.1 Å². The highest BCUT2D eigenvalue weighted by Crippen LogP contribution is 2.35. The van der Waals surface area contributed by atoms with Gasteiger partial charge in [-0.1, -0.05) is 11.6 Å². The minimum absolute atomic E-state index is 0.234. The summed E-state index contributed by atoms with van der Waals surface area (Å²) in [5.41, 5.74) is 0.234. The van der Waals surface area contributed by atoms with E-state index < -0.39 is 5.24 Å². The van der Waals surface area contributed by atoms with E-state index >= 15 is 0 Å². The van der Waals surface area contributed by atoms with Crippen LogP contribution in [-0.4, -0.2) is 18.5 Å². The van der Waals surface area contributed by atoms with Gasteiger partial charge in [0, 0.05) is 6.07 Å². The van der Waals surface area contributed by atoms with Gasteiger partial charge in [-0.25, -0.2) is 0 Å². The molecule has 14 heavy (non-hydrogen) atoms. The van der Waals surface area contributed by atoms with Crippen LogP contribution in [0, 0.1) is 0 Å². The molecule has 0 bridgehead atoms. The predicted molar refractivity (Wildman–Crippen MR) is 52.6 cm³/mol. The smallest absolute Gasteiger partial charge is 0.254 e. The lowest BCUT2D eigenvalue weighted by atomic mass is 10.2. The highest BCUT2D eigenvalue weighted by Gasteiger charge is 2.17. The molecule has 0 fully saturated rings. The van der Waals surface area contributed by atoms with Crippen LogP contribution in [0.1, 0.15) is 10.4 Å². The normalized spacial score (nSPS) is 13.9. The second-order valence-corrected chi connectivity index (χ2v) is 3.50. The maximum absolute atomic E-state index is 10.9. The number of ether oxygens (including phenoxy) is 2. The Kier molecular flexibility index (Phi) is 2.52. The van der Waals surface area contributed by atoms with Gasteiger partial charge in [-0.2, -0.15) is 0 Å². The van der Waals surface area contributed by atoms with Gasteiger partial charge in [0.2, 0.25) is 0 Å². The van der Waals surface area contributed by atoms with Crippen molar-refractivity contribution in [2.24, 2.45) is 0 Å². The van der Waals surface area contributed by atoms with Crippen molar-refractivity contribution in [2.45, 2.75) is 0 Å². The number of halogens is 2. The Hall–Kier alpha value is -0.930. The number of carbonyl (C=O) groups excluding carboxylic acids is 1. The summed E-state index contributed by atoms with van der Waals surface area (Å²) in [5, 5.41) is -0.332. The van der Waals surface area contributed by atoms with Gasteiger partial charge in [0.15, 0.2) is 11.5 Å². The molecule has 2 rings (SSSR count). The van der Waals surface area contributed by atoms with Gasteiger partial charge < -0.3 is 9.47 Å². The largest absolute Gasteiger partial charge is 0.486 e. The fraction of sp³-hybridized carbons (Fsp3) is 0.222. The second kappa shape index (κ2) is 3.67. The summed E-state index contributed by atoms with van der Waals surface area (Å²) in [5.74, 6) is 1.05. The SMILES string of the molecule is O=C(Cl)c1cc2c(cc1Cl)OCCO2. The highest BCUT2D eigenvalue weighted by molar-refractivity contribution is 6.68. The van der Waals surface area contributed by atoms with Gasteiger partial charge in [0.25, 0.3) is 5.24 Å². The van der Waals surface area contributed by atoms with Crippen LogP contribution < -0.4 is 9.47 Å². The van der Waals surface area contributed by atoms with Crippen LogP contribution in [0.3, 0.4) is 0 Å². The Labute approximate surface area is 90.5 Å². The number of hydrogen-bond acceptors (Lipinski definition) is 3. The first-order chi connectivity index (χ1) is 6.68. The van der Waals surface area contributed by atoms with Crippen LogP contribution in [0.25, 0.3) is 0 Å². The lowest BCUT2D eigenvalue weighted by Crippen LogP contribution is -2.15. The van der Waals surface area contributed by atoms with Crippen molar-refractivity contribution in [3.05, 3.63) is 22.7 Å². The number of benzene rings is 1. The molecule has 3 nitrogen and oxygen atoms in total. The average Bonchev–Trinajstić information content (AvgIpc) is 2.16. The zero-order valence-electron chi connectivity index (χ0n) is 7.05. The maximum Gasteiger partial charge on any atom is 0.254 e. The van der Waals surface area contributed by atoms with E-state index in [9.17, 15) is 4.79 Å². The number of hydrogen-bond donors (Lipinski definition) is 0. The molecule has 0 amide bonds. The van der Waals surface area contributed by atoms with Crippen molar-refractivity contribution in [2.75, 3.05) is 13.2 Å².